The highest BCUT2D eigenvalue weighted by Gasteiger charge is 1.92. The van der Waals surface area contributed by atoms with Crippen molar-refractivity contribution >= 4 is 17.5 Å². The predicted octanol–water partition coefficient (Wildman–Crippen LogP) is 3.66. The molecule has 0 atom stereocenters. The fraction of sp³-hybridized carbons (Fsp3) is 0.250. The van der Waals surface area contributed by atoms with Gasteiger partial charge in [0.1, 0.15) is 0 Å². The second-order valence-corrected chi connectivity index (χ2v) is 3.93. The molecule has 0 fully saturated rings. The molecule has 0 spiro atoms. The van der Waals surface area contributed by atoms with Gasteiger partial charge in [0.05, 0.1) is 0 Å². The molecule has 74 valence electrons. The molecule has 2 heteroatoms. The number of hydrogen-bond donors (Lipinski definition) is 0. The van der Waals surface area contributed by atoms with E-state index in [0.717, 1.165) is 11.3 Å². The fourth-order valence-electron chi connectivity index (χ4n) is 1.02. The third kappa shape index (κ3) is 4.28. The largest absolute Gasteiger partial charge is 0.295 e. The summed E-state index contributed by atoms with van der Waals surface area (Å²) >= 11 is 1.57. The standard InChI is InChI=1S/C12H14OS/c1-2-6-11(13)9-10-14-12-7-4-3-5-8-12/h3-5,7-10H,2,6H2,1H3/b10-9+. The Morgan fingerprint density at radius 2 is 2.07 bits per heavy atom. The van der Waals surface area contributed by atoms with Crippen LogP contribution in [-0.2, 0) is 4.79 Å². The first-order valence-corrected chi connectivity index (χ1v) is 5.62. The quantitative estimate of drug-likeness (QED) is 0.540. The Morgan fingerprint density at radius 3 is 2.71 bits per heavy atom. The highest BCUT2D eigenvalue weighted by molar-refractivity contribution is 8.02. The minimum absolute atomic E-state index is 0.205. The van der Waals surface area contributed by atoms with Gasteiger partial charge in [0.25, 0.3) is 0 Å². The van der Waals surface area contributed by atoms with E-state index >= 15 is 0 Å². The van der Waals surface area contributed by atoms with Gasteiger partial charge in [-0.3, -0.25) is 4.79 Å². The molecule has 0 radical (unpaired) electrons. The maximum Gasteiger partial charge on any atom is 0.156 e. The summed E-state index contributed by atoms with van der Waals surface area (Å²) in [5.41, 5.74) is 0. The van der Waals surface area contributed by atoms with Crippen molar-refractivity contribution in [3.63, 3.8) is 0 Å². The van der Waals surface area contributed by atoms with Crippen LogP contribution in [0.5, 0.6) is 0 Å². The van der Waals surface area contributed by atoms with Crippen LogP contribution < -0.4 is 0 Å². The van der Waals surface area contributed by atoms with Gasteiger partial charge in [-0.25, -0.2) is 0 Å². The first-order valence-electron chi connectivity index (χ1n) is 4.74. The number of benzene rings is 1. The van der Waals surface area contributed by atoms with Gasteiger partial charge < -0.3 is 0 Å². The fourth-order valence-corrected chi connectivity index (χ4v) is 1.71. The van der Waals surface area contributed by atoms with Gasteiger partial charge in [0.15, 0.2) is 5.78 Å². The summed E-state index contributed by atoms with van der Waals surface area (Å²) in [7, 11) is 0. The molecule has 1 nitrogen and oxygen atoms in total. The lowest BCUT2D eigenvalue weighted by Crippen LogP contribution is -1.88. The maximum atomic E-state index is 11.1. The first-order chi connectivity index (χ1) is 6.83. The summed E-state index contributed by atoms with van der Waals surface area (Å²) in [5, 5.41) is 1.85. The molecule has 1 rings (SSSR count). The molecular weight excluding hydrogens is 192 g/mol. The molecule has 0 unspecified atom stereocenters. The number of rotatable bonds is 5. The topological polar surface area (TPSA) is 17.1 Å². The summed E-state index contributed by atoms with van der Waals surface area (Å²) in [5.74, 6) is 0.205. The summed E-state index contributed by atoms with van der Waals surface area (Å²) < 4.78 is 0. The van der Waals surface area contributed by atoms with Crippen molar-refractivity contribution in [3.05, 3.63) is 41.8 Å². The van der Waals surface area contributed by atoms with Crippen molar-refractivity contribution in [2.45, 2.75) is 24.7 Å². The van der Waals surface area contributed by atoms with E-state index in [4.69, 9.17) is 0 Å². The molecule has 0 aliphatic rings. The Kier molecular flexibility index (Phi) is 5.08. The van der Waals surface area contributed by atoms with Gasteiger partial charge in [0, 0.05) is 11.3 Å². The maximum absolute atomic E-state index is 11.1. The van der Waals surface area contributed by atoms with Crippen LogP contribution in [0.4, 0.5) is 0 Å². The van der Waals surface area contributed by atoms with Crippen LogP contribution in [0.15, 0.2) is 46.7 Å². The van der Waals surface area contributed by atoms with E-state index in [1.54, 1.807) is 17.8 Å². The second kappa shape index (κ2) is 6.44. The van der Waals surface area contributed by atoms with E-state index < -0.39 is 0 Å². The van der Waals surface area contributed by atoms with Gasteiger partial charge in [-0.05, 0) is 30.0 Å². The average molecular weight is 206 g/mol. The number of carbonyl (C=O) groups excluding carboxylic acids is 1. The van der Waals surface area contributed by atoms with Crippen molar-refractivity contribution in [1.29, 1.82) is 0 Å². The third-order valence-electron chi connectivity index (χ3n) is 1.70. The van der Waals surface area contributed by atoms with Crippen LogP contribution in [0.3, 0.4) is 0 Å². The smallest absolute Gasteiger partial charge is 0.156 e. The van der Waals surface area contributed by atoms with Crippen LogP contribution in [-0.4, -0.2) is 5.78 Å². The molecule has 0 heterocycles. The zero-order chi connectivity index (χ0) is 10.2. The van der Waals surface area contributed by atoms with E-state index in [1.165, 1.54) is 0 Å². The van der Waals surface area contributed by atoms with Crippen LogP contribution >= 0.6 is 11.8 Å². The van der Waals surface area contributed by atoms with E-state index in [2.05, 4.69) is 0 Å². The van der Waals surface area contributed by atoms with Crippen molar-refractivity contribution < 1.29 is 4.79 Å². The molecule has 0 saturated heterocycles. The molecule has 0 bridgehead atoms. The second-order valence-electron chi connectivity index (χ2n) is 2.95. The monoisotopic (exact) mass is 206 g/mol. The van der Waals surface area contributed by atoms with Crippen molar-refractivity contribution in [2.75, 3.05) is 0 Å². The molecule has 0 aliphatic heterocycles. The summed E-state index contributed by atoms with van der Waals surface area (Å²) in [4.78, 5) is 12.3. The van der Waals surface area contributed by atoms with Gasteiger partial charge >= 0.3 is 0 Å². The Labute approximate surface area is 89.2 Å². The van der Waals surface area contributed by atoms with E-state index in [1.807, 2.05) is 42.7 Å². The third-order valence-corrected chi connectivity index (χ3v) is 2.51. The van der Waals surface area contributed by atoms with Crippen LogP contribution in [0, 0.1) is 0 Å². The lowest BCUT2D eigenvalue weighted by atomic mass is 10.2. The predicted molar refractivity (Wildman–Crippen MR) is 61.4 cm³/mol. The molecule has 0 N–H and O–H groups in total. The Balaban J connectivity index is 2.37. The molecular formula is C12H14OS. The number of ketones is 1. The molecule has 0 aliphatic carbocycles. The average Bonchev–Trinajstić information content (AvgIpc) is 2.20. The number of hydrogen-bond acceptors (Lipinski definition) is 2. The first kappa shape index (κ1) is 11.1. The zero-order valence-corrected chi connectivity index (χ0v) is 9.09. The van der Waals surface area contributed by atoms with Crippen molar-refractivity contribution in [3.8, 4) is 0 Å². The van der Waals surface area contributed by atoms with E-state index in [-0.39, 0.29) is 5.78 Å². The van der Waals surface area contributed by atoms with E-state index in [9.17, 15) is 4.79 Å². The van der Waals surface area contributed by atoms with Crippen LogP contribution in [0.1, 0.15) is 19.8 Å². The van der Waals surface area contributed by atoms with Crippen molar-refractivity contribution in [1.82, 2.24) is 0 Å². The highest BCUT2D eigenvalue weighted by Crippen LogP contribution is 2.17. The van der Waals surface area contributed by atoms with Gasteiger partial charge in [0.2, 0.25) is 0 Å². The molecule has 0 aromatic heterocycles. The number of carbonyl (C=O) groups is 1. The Bertz CT molecular complexity index is 303. The number of allylic oxidation sites excluding steroid dienone is 1. The lowest BCUT2D eigenvalue weighted by Gasteiger charge is -1.93. The minimum atomic E-state index is 0.205. The van der Waals surface area contributed by atoms with Gasteiger partial charge in [-0.15, -0.1) is 0 Å². The minimum Gasteiger partial charge on any atom is -0.295 e. The molecule has 0 amide bonds. The van der Waals surface area contributed by atoms with Crippen LogP contribution in [0.2, 0.25) is 0 Å². The molecule has 0 saturated carbocycles. The SMILES string of the molecule is CCCC(=O)/C=C/Sc1ccccc1. The Morgan fingerprint density at radius 1 is 1.36 bits per heavy atom. The lowest BCUT2D eigenvalue weighted by molar-refractivity contribution is -0.114. The molecule has 1 aromatic rings. The van der Waals surface area contributed by atoms with Crippen LogP contribution in [0.25, 0.3) is 0 Å². The van der Waals surface area contributed by atoms with Crippen molar-refractivity contribution in [2.24, 2.45) is 0 Å². The number of thioether (sulfide) groups is 1. The Hall–Kier alpha value is -1.02. The highest BCUT2D eigenvalue weighted by atomic mass is 32.2. The normalized spacial score (nSPS) is 10.6. The summed E-state index contributed by atoms with van der Waals surface area (Å²) in [6, 6.07) is 10.0. The van der Waals surface area contributed by atoms with Gasteiger partial charge in [-0.1, -0.05) is 36.9 Å². The summed E-state index contributed by atoms with van der Waals surface area (Å²) in [6.07, 6.45) is 3.21. The summed E-state index contributed by atoms with van der Waals surface area (Å²) in [6.45, 7) is 2.01. The molecule has 14 heavy (non-hydrogen) atoms. The molecule has 1 aromatic carbocycles. The van der Waals surface area contributed by atoms with E-state index in [0.29, 0.717) is 6.42 Å². The zero-order valence-electron chi connectivity index (χ0n) is 8.27. The van der Waals surface area contributed by atoms with Gasteiger partial charge in [-0.2, -0.15) is 0 Å².